The van der Waals surface area contributed by atoms with E-state index in [-0.39, 0.29) is 15.8 Å². The number of benzene rings is 1. The monoisotopic (exact) mass is 425 g/mol. The van der Waals surface area contributed by atoms with Crippen LogP contribution >= 0.6 is 11.6 Å². The number of hydrogen-bond donors (Lipinski definition) is 1. The molecule has 28 heavy (non-hydrogen) atoms. The third-order valence-corrected chi connectivity index (χ3v) is 7.70. The van der Waals surface area contributed by atoms with Gasteiger partial charge in [-0.05, 0) is 44.2 Å². The molecule has 1 aromatic carbocycles. The molecule has 1 fully saturated rings. The summed E-state index contributed by atoms with van der Waals surface area (Å²) in [6, 6.07) is 6.49. The highest BCUT2D eigenvalue weighted by molar-refractivity contribution is 7.89. The van der Waals surface area contributed by atoms with Crippen molar-refractivity contribution in [2.24, 2.45) is 0 Å². The standard InChI is InChI=1S/C20H28ClN3O3S/c21-18-8-4-5-9-19(18)28(26,27)24-14-12-23(13-15-24)16-20(25)22-11-10-17-6-2-1-3-7-17/h4-6,8-9H,1-3,7,10-16H2,(H,22,25). The van der Waals surface area contributed by atoms with E-state index in [1.54, 1.807) is 18.2 Å². The van der Waals surface area contributed by atoms with Gasteiger partial charge in [0, 0.05) is 32.7 Å². The third-order valence-electron chi connectivity index (χ3n) is 5.31. The minimum Gasteiger partial charge on any atom is -0.355 e. The second-order valence-electron chi connectivity index (χ2n) is 7.32. The first-order chi connectivity index (χ1) is 13.5. The lowest BCUT2D eigenvalue weighted by Gasteiger charge is -2.33. The number of piperazine rings is 1. The van der Waals surface area contributed by atoms with Crippen molar-refractivity contribution in [3.05, 3.63) is 40.9 Å². The summed E-state index contributed by atoms with van der Waals surface area (Å²) in [5, 5.41) is 3.21. The molecule has 6 nitrogen and oxygen atoms in total. The van der Waals surface area contributed by atoms with Crippen LogP contribution < -0.4 is 5.32 Å². The van der Waals surface area contributed by atoms with E-state index in [2.05, 4.69) is 11.4 Å². The lowest BCUT2D eigenvalue weighted by Crippen LogP contribution is -2.51. The van der Waals surface area contributed by atoms with E-state index in [1.165, 1.54) is 28.8 Å². The van der Waals surface area contributed by atoms with Gasteiger partial charge in [0.15, 0.2) is 0 Å². The van der Waals surface area contributed by atoms with Crippen LogP contribution in [0.4, 0.5) is 0 Å². The highest BCUT2D eigenvalue weighted by Gasteiger charge is 2.30. The Morgan fingerprint density at radius 2 is 1.86 bits per heavy atom. The van der Waals surface area contributed by atoms with Crippen molar-refractivity contribution in [2.75, 3.05) is 39.3 Å². The molecule has 1 aromatic rings. The van der Waals surface area contributed by atoms with Crippen LogP contribution in [0.15, 0.2) is 40.8 Å². The summed E-state index contributed by atoms with van der Waals surface area (Å²) in [5.41, 5.74) is 1.45. The smallest absolute Gasteiger partial charge is 0.244 e. The molecule has 1 saturated heterocycles. The SMILES string of the molecule is O=C(CN1CCN(S(=O)(=O)c2ccccc2Cl)CC1)NCCC1=CCCCC1. The van der Waals surface area contributed by atoms with Crippen LogP contribution in [-0.2, 0) is 14.8 Å². The highest BCUT2D eigenvalue weighted by atomic mass is 35.5. The minimum absolute atomic E-state index is 0.00109. The molecule has 0 bridgehead atoms. The van der Waals surface area contributed by atoms with Gasteiger partial charge in [-0.2, -0.15) is 4.31 Å². The number of halogens is 1. The number of carbonyl (C=O) groups excluding carboxylic acids is 1. The zero-order valence-electron chi connectivity index (χ0n) is 16.1. The van der Waals surface area contributed by atoms with Crippen LogP contribution in [0.25, 0.3) is 0 Å². The highest BCUT2D eigenvalue weighted by Crippen LogP contribution is 2.25. The maximum Gasteiger partial charge on any atom is 0.244 e. The summed E-state index contributed by atoms with van der Waals surface area (Å²) >= 11 is 6.06. The lowest BCUT2D eigenvalue weighted by molar-refractivity contribution is -0.122. The normalized spacial score (nSPS) is 19.2. The molecule has 0 atom stereocenters. The van der Waals surface area contributed by atoms with E-state index in [4.69, 9.17) is 11.6 Å². The van der Waals surface area contributed by atoms with E-state index < -0.39 is 10.0 Å². The van der Waals surface area contributed by atoms with E-state index >= 15 is 0 Å². The molecule has 1 N–H and O–H groups in total. The molecule has 2 aliphatic rings. The van der Waals surface area contributed by atoms with Gasteiger partial charge in [0.25, 0.3) is 0 Å². The molecular formula is C20H28ClN3O3S. The summed E-state index contributed by atoms with van der Waals surface area (Å²) in [6.45, 7) is 2.75. The topological polar surface area (TPSA) is 69.7 Å². The number of amides is 1. The molecular weight excluding hydrogens is 398 g/mol. The van der Waals surface area contributed by atoms with Crippen LogP contribution in [0.3, 0.4) is 0 Å². The number of nitrogens with one attached hydrogen (secondary N) is 1. The Bertz CT molecular complexity index is 818. The quantitative estimate of drug-likeness (QED) is 0.682. The zero-order valence-corrected chi connectivity index (χ0v) is 17.6. The summed E-state index contributed by atoms with van der Waals surface area (Å²) in [6.07, 6.45) is 8.06. The Balaban J connectivity index is 1.43. The Labute approximate surface area is 172 Å². The van der Waals surface area contributed by atoms with Gasteiger partial charge < -0.3 is 5.32 Å². The Morgan fingerprint density at radius 1 is 1.11 bits per heavy atom. The van der Waals surface area contributed by atoms with Crippen molar-refractivity contribution in [1.82, 2.24) is 14.5 Å². The van der Waals surface area contributed by atoms with Gasteiger partial charge >= 0.3 is 0 Å². The molecule has 0 spiro atoms. The van der Waals surface area contributed by atoms with Crippen molar-refractivity contribution >= 4 is 27.5 Å². The van der Waals surface area contributed by atoms with Crippen LogP contribution in [0.2, 0.25) is 5.02 Å². The zero-order chi connectivity index (χ0) is 20.0. The maximum atomic E-state index is 12.8. The van der Waals surface area contributed by atoms with Gasteiger partial charge in [-0.3, -0.25) is 9.69 Å². The van der Waals surface area contributed by atoms with Crippen LogP contribution in [-0.4, -0.2) is 62.8 Å². The van der Waals surface area contributed by atoms with Gasteiger partial charge in [0.1, 0.15) is 4.90 Å². The van der Waals surface area contributed by atoms with E-state index in [9.17, 15) is 13.2 Å². The molecule has 0 aromatic heterocycles. The Morgan fingerprint density at radius 3 is 2.54 bits per heavy atom. The van der Waals surface area contributed by atoms with Gasteiger partial charge in [-0.15, -0.1) is 0 Å². The fourth-order valence-electron chi connectivity index (χ4n) is 3.67. The molecule has 1 amide bonds. The molecule has 1 aliphatic heterocycles. The summed E-state index contributed by atoms with van der Waals surface area (Å²) in [7, 11) is -3.60. The number of allylic oxidation sites excluding steroid dienone is 1. The minimum atomic E-state index is -3.60. The lowest BCUT2D eigenvalue weighted by atomic mass is 9.97. The molecule has 1 aliphatic carbocycles. The molecule has 0 saturated carbocycles. The molecule has 154 valence electrons. The summed E-state index contributed by atoms with van der Waals surface area (Å²) in [4.78, 5) is 14.3. The number of carbonyl (C=O) groups is 1. The molecule has 0 unspecified atom stereocenters. The van der Waals surface area contributed by atoms with Gasteiger partial charge in [0.05, 0.1) is 11.6 Å². The van der Waals surface area contributed by atoms with Crippen LogP contribution in [0, 0.1) is 0 Å². The molecule has 3 rings (SSSR count). The van der Waals surface area contributed by atoms with Gasteiger partial charge in [0.2, 0.25) is 15.9 Å². The number of rotatable bonds is 7. The van der Waals surface area contributed by atoms with Crippen LogP contribution in [0.1, 0.15) is 32.1 Å². The van der Waals surface area contributed by atoms with Crippen molar-refractivity contribution in [3.8, 4) is 0 Å². The fourth-order valence-corrected chi connectivity index (χ4v) is 5.59. The average Bonchev–Trinajstić information content (AvgIpc) is 2.69. The number of hydrogen-bond acceptors (Lipinski definition) is 4. The van der Waals surface area contributed by atoms with E-state index in [0.717, 1.165) is 19.3 Å². The Kier molecular flexibility index (Phi) is 7.51. The van der Waals surface area contributed by atoms with Crippen molar-refractivity contribution in [2.45, 2.75) is 37.0 Å². The Hall–Kier alpha value is -1.41. The first-order valence-corrected chi connectivity index (χ1v) is 11.7. The average molecular weight is 426 g/mol. The second kappa shape index (κ2) is 9.87. The van der Waals surface area contributed by atoms with Gasteiger partial charge in [-0.1, -0.05) is 35.4 Å². The number of sulfonamides is 1. The molecule has 8 heteroatoms. The van der Waals surface area contributed by atoms with Gasteiger partial charge in [-0.25, -0.2) is 8.42 Å². The van der Waals surface area contributed by atoms with Crippen molar-refractivity contribution in [1.29, 1.82) is 0 Å². The first-order valence-electron chi connectivity index (χ1n) is 9.88. The predicted octanol–water partition coefficient (Wildman–Crippen LogP) is 2.65. The third kappa shape index (κ3) is 5.56. The van der Waals surface area contributed by atoms with Crippen LogP contribution in [0.5, 0.6) is 0 Å². The summed E-state index contributed by atoms with van der Waals surface area (Å²) in [5.74, 6) is -0.00109. The van der Waals surface area contributed by atoms with Crippen molar-refractivity contribution in [3.63, 3.8) is 0 Å². The van der Waals surface area contributed by atoms with Crippen molar-refractivity contribution < 1.29 is 13.2 Å². The van der Waals surface area contributed by atoms with E-state index in [1.807, 2.05) is 4.90 Å². The molecule has 1 heterocycles. The molecule has 0 radical (unpaired) electrons. The largest absolute Gasteiger partial charge is 0.355 e. The van der Waals surface area contributed by atoms with E-state index in [0.29, 0.717) is 39.3 Å². The first kappa shape index (κ1) is 21.3. The predicted molar refractivity (Wildman–Crippen MR) is 111 cm³/mol. The maximum absolute atomic E-state index is 12.8. The second-order valence-corrected chi connectivity index (χ2v) is 9.63. The fraction of sp³-hybridized carbons (Fsp3) is 0.550. The number of nitrogens with zero attached hydrogens (tertiary/aromatic N) is 2. The summed E-state index contributed by atoms with van der Waals surface area (Å²) < 4.78 is 27.0.